The van der Waals surface area contributed by atoms with Crippen molar-refractivity contribution in [3.05, 3.63) is 28.8 Å². The highest BCUT2D eigenvalue weighted by molar-refractivity contribution is 6.34. The molecule has 2 aliphatic rings. The number of nitrogens with two attached hydrogens (primary N) is 1. The summed E-state index contributed by atoms with van der Waals surface area (Å²) < 4.78 is 0. The van der Waals surface area contributed by atoms with Crippen LogP contribution in [-0.4, -0.2) is 36.0 Å². The lowest BCUT2D eigenvalue weighted by Crippen LogP contribution is -2.42. The summed E-state index contributed by atoms with van der Waals surface area (Å²) in [6, 6.07) is 5.76. The monoisotopic (exact) mass is 279 g/mol. The highest BCUT2D eigenvalue weighted by Crippen LogP contribution is 2.28. The van der Waals surface area contributed by atoms with Gasteiger partial charge < -0.3 is 11.1 Å². The van der Waals surface area contributed by atoms with Gasteiger partial charge in [-0.25, -0.2) is 0 Å². The summed E-state index contributed by atoms with van der Waals surface area (Å²) in [5, 5.41) is 3.57. The molecule has 2 aliphatic heterocycles. The highest BCUT2D eigenvalue weighted by Gasteiger charge is 2.37. The van der Waals surface area contributed by atoms with Crippen molar-refractivity contribution < 1.29 is 4.79 Å². The number of amides is 1. The molecule has 0 saturated carbocycles. The number of hydrogen-bond acceptors (Lipinski definition) is 3. The predicted octanol–water partition coefficient (Wildman–Crippen LogP) is 1.89. The molecule has 0 aliphatic carbocycles. The van der Waals surface area contributed by atoms with Crippen molar-refractivity contribution in [1.82, 2.24) is 10.2 Å². The van der Waals surface area contributed by atoms with Crippen LogP contribution >= 0.6 is 11.6 Å². The summed E-state index contributed by atoms with van der Waals surface area (Å²) >= 11 is 6.06. The van der Waals surface area contributed by atoms with Gasteiger partial charge in [0.15, 0.2) is 0 Å². The molecular formula is C14H18ClN3O. The Kier molecular flexibility index (Phi) is 3.37. The molecule has 1 amide bonds. The molecule has 3 rings (SSSR count). The average Bonchev–Trinajstić information content (AvgIpc) is 2.97. The lowest BCUT2D eigenvalue weighted by molar-refractivity contribution is 0.0929. The smallest absolute Gasteiger partial charge is 0.253 e. The van der Waals surface area contributed by atoms with Gasteiger partial charge >= 0.3 is 0 Å². The van der Waals surface area contributed by atoms with Gasteiger partial charge in [0.05, 0.1) is 10.6 Å². The van der Waals surface area contributed by atoms with E-state index in [1.807, 2.05) is 0 Å². The summed E-state index contributed by atoms with van der Waals surface area (Å²) in [6.45, 7) is 2.25. The molecule has 0 radical (unpaired) electrons. The van der Waals surface area contributed by atoms with Crippen LogP contribution in [0.4, 0.5) is 5.69 Å². The molecule has 2 atom stereocenters. The SMILES string of the molecule is Nc1ccc(Cl)c(C(=O)NC2CCN3CCCC23)c1. The van der Waals surface area contributed by atoms with Crippen LogP contribution in [0.25, 0.3) is 0 Å². The van der Waals surface area contributed by atoms with Crippen LogP contribution in [0.3, 0.4) is 0 Å². The molecule has 0 aromatic heterocycles. The number of nitrogens with zero attached hydrogens (tertiary/aromatic N) is 1. The van der Waals surface area contributed by atoms with Gasteiger partial charge in [-0.2, -0.15) is 0 Å². The van der Waals surface area contributed by atoms with E-state index < -0.39 is 0 Å². The van der Waals surface area contributed by atoms with E-state index in [1.54, 1.807) is 18.2 Å². The number of carbonyl (C=O) groups is 1. The predicted molar refractivity (Wildman–Crippen MR) is 76.3 cm³/mol. The van der Waals surface area contributed by atoms with E-state index in [-0.39, 0.29) is 11.9 Å². The van der Waals surface area contributed by atoms with Crippen LogP contribution in [0.1, 0.15) is 29.6 Å². The lowest BCUT2D eigenvalue weighted by Gasteiger charge is -2.21. The van der Waals surface area contributed by atoms with E-state index in [0.29, 0.717) is 22.3 Å². The number of hydrogen-bond donors (Lipinski definition) is 2. The largest absolute Gasteiger partial charge is 0.399 e. The number of benzene rings is 1. The zero-order valence-corrected chi connectivity index (χ0v) is 11.5. The number of rotatable bonds is 2. The zero-order valence-electron chi connectivity index (χ0n) is 10.7. The quantitative estimate of drug-likeness (QED) is 0.813. The van der Waals surface area contributed by atoms with Crippen LogP contribution in [0, 0.1) is 0 Å². The Morgan fingerprint density at radius 1 is 1.37 bits per heavy atom. The number of fused-ring (bicyclic) bond motifs is 1. The first kappa shape index (κ1) is 12.8. The fraction of sp³-hybridized carbons (Fsp3) is 0.500. The summed E-state index contributed by atoms with van der Waals surface area (Å²) in [4.78, 5) is 14.8. The fourth-order valence-corrected chi connectivity index (χ4v) is 3.42. The maximum atomic E-state index is 12.3. The molecule has 0 bridgehead atoms. The first-order valence-corrected chi connectivity index (χ1v) is 7.13. The zero-order chi connectivity index (χ0) is 13.4. The third-order valence-electron chi connectivity index (χ3n) is 4.16. The molecule has 3 N–H and O–H groups in total. The Bertz CT molecular complexity index is 505. The molecule has 19 heavy (non-hydrogen) atoms. The summed E-state index contributed by atoms with van der Waals surface area (Å²) in [5.74, 6) is -0.115. The molecular weight excluding hydrogens is 262 g/mol. The maximum Gasteiger partial charge on any atom is 0.253 e. The standard InChI is InChI=1S/C14H18ClN3O/c15-11-4-3-9(16)8-10(11)14(19)17-12-5-7-18-6-1-2-13(12)18/h3-4,8,12-13H,1-2,5-7,16H2,(H,17,19). The number of carbonyl (C=O) groups excluding carboxylic acids is 1. The van der Waals surface area contributed by atoms with Gasteiger partial charge in [-0.05, 0) is 44.0 Å². The van der Waals surface area contributed by atoms with Crippen molar-refractivity contribution in [3.63, 3.8) is 0 Å². The van der Waals surface area contributed by atoms with Crippen LogP contribution in [0.15, 0.2) is 18.2 Å². The van der Waals surface area contributed by atoms with E-state index in [2.05, 4.69) is 10.2 Å². The van der Waals surface area contributed by atoms with Crippen molar-refractivity contribution in [2.45, 2.75) is 31.3 Å². The first-order chi connectivity index (χ1) is 9.15. The Labute approximate surface area is 117 Å². The Morgan fingerprint density at radius 2 is 2.21 bits per heavy atom. The molecule has 0 spiro atoms. The number of nitrogens with one attached hydrogen (secondary N) is 1. The second-order valence-corrected chi connectivity index (χ2v) is 5.76. The van der Waals surface area contributed by atoms with Crippen molar-refractivity contribution in [3.8, 4) is 0 Å². The van der Waals surface area contributed by atoms with Gasteiger partial charge in [0, 0.05) is 24.3 Å². The summed E-state index contributed by atoms with van der Waals surface area (Å²) in [6.07, 6.45) is 3.43. The lowest BCUT2D eigenvalue weighted by atomic mass is 10.1. The number of nitrogen functional groups attached to an aromatic ring is 1. The third kappa shape index (κ3) is 2.42. The van der Waals surface area contributed by atoms with Crippen LogP contribution in [0.5, 0.6) is 0 Å². The Balaban J connectivity index is 1.73. The maximum absolute atomic E-state index is 12.3. The van der Waals surface area contributed by atoms with E-state index in [9.17, 15) is 4.79 Å². The minimum atomic E-state index is -0.115. The molecule has 2 saturated heterocycles. The topological polar surface area (TPSA) is 58.4 Å². The Hall–Kier alpha value is -1.26. The molecule has 1 aromatic carbocycles. The van der Waals surface area contributed by atoms with Gasteiger partial charge in [-0.3, -0.25) is 9.69 Å². The molecule has 102 valence electrons. The second-order valence-electron chi connectivity index (χ2n) is 5.35. The molecule has 5 heteroatoms. The molecule has 4 nitrogen and oxygen atoms in total. The third-order valence-corrected chi connectivity index (χ3v) is 4.49. The summed E-state index contributed by atoms with van der Waals surface area (Å²) in [7, 11) is 0. The second kappa shape index (κ2) is 5.02. The van der Waals surface area contributed by atoms with Crippen LogP contribution < -0.4 is 11.1 Å². The molecule has 2 heterocycles. The minimum Gasteiger partial charge on any atom is -0.399 e. The van der Waals surface area contributed by atoms with Crippen molar-refractivity contribution in [2.75, 3.05) is 18.8 Å². The molecule has 2 unspecified atom stereocenters. The van der Waals surface area contributed by atoms with Crippen molar-refractivity contribution >= 4 is 23.2 Å². The normalized spacial score (nSPS) is 26.4. The van der Waals surface area contributed by atoms with Gasteiger partial charge in [0.25, 0.3) is 5.91 Å². The van der Waals surface area contributed by atoms with Crippen LogP contribution in [0.2, 0.25) is 5.02 Å². The minimum absolute atomic E-state index is 0.115. The average molecular weight is 280 g/mol. The number of anilines is 1. The highest BCUT2D eigenvalue weighted by atomic mass is 35.5. The van der Waals surface area contributed by atoms with E-state index in [1.165, 1.54) is 12.8 Å². The van der Waals surface area contributed by atoms with Crippen molar-refractivity contribution in [1.29, 1.82) is 0 Å². The van der Waals surface area contributed by atoms with Crippen molar-refractivity contribution in [2.24, 2.45) is 0 Å². The van der Waals surface area contributed by atoms with Gasteiger partial charge in [-0.1, -0.05) is 11.6 Å². The van der Waals surface area contributed by atoms with E-state index in [4.69, 9.17) is 17.3 Å². The van der Waals surface area contributed by atoms with Crippen LogP contribution in [-0.2, 0) is 0 Å². The van der Waals surface area contributed by atoms with Gasteiger partial charge in [0.2, 0.25) is 0 Å². The van der Waals surface area contributed by atoms with Gasteiger partial charge in [-0.15, -0.1) is 0 Å². The number of halogens is 1. The molecule has 1 aromatic rings. The van der Waals surface area contributed by atoms with E-state index in [0.717, 1.165) is 19.5 Å². The van der Waals surface area contributed by atoms with Gasteiger partial charge in [0.1, 0.15) is 0 Å². The van der Waals surface area contributed by atoms with E-state index >= 15 is 0 Å². The Morgan fingerprint density at radius 3 is 3.05 bits per heavy atom. The first-order valence-electron chi connectivity index (χ1n) is 6.75. The molecule has 2 fully saturated rings. The fourth-order valence-electron chi connectivity index (χ4n) is 3.21. The summed E-state index contributed by atoms with van der Waals surface area (Å²) in [5.41, 5.74) is 6.74.